The van der Waals surface area contributed by atoms with E-state index in [0.717, 1.165) is 5.75 Å². The van der Waals surface area contributed by atoms with E-state index in [9.17, 15) is 17.6 Å². The van der Waals surface area contributed by atoms with Gasteiger partial charge in [-0.3, -0.25) is 0 Å². The van der Waals surface area contributed by atoms with Gasteiger partial charge >= 0.3 is 12.3 Å². The second-order valence-corrected chi connectivity index (χ2v) is 4.98. The molecule has 1 aromatic rings. The lowest BCUT2D eigenvalue weighted by Gasteiger charge is -2.14. The standard InChI is InChI=1S/C10H15F4N3O2S/c1-20-3-2-6(15)8-16-7(17-19-8)4-18-5-10(13,14)9(11)12/h6,9H,2-5,15H2,1H3/t6-/m0/s1. The molecule has 2 N–H and O–H groups in total. The maximum atomic E-state index is 12.6. The minimum atomic E-state index is -4.19. The molecule has 0 amide bonds. The summed E-state index contributed by atoms with van der Waals surface area (Å²) in [6, 6.07) is -0.453. The van der Waals surface area contributed by atoms with Gasteiger partial charge in [-0.15, -0.1) is 0 Å². The Morgan fingerprint density at radius 3 is 2.75 bits per heavy atom. The second kappa shape index (κ2) is 7.79. The van der Waals surface area contributed by atoms with Crippen LogP contribution in [0.15, 0.2) is 4.52 Å². The van der Waals surface area contributed by atoms with Crippen LogP contribution in [-0.2, 0) is 11.3 Å². The Balaban J connectivity index is 2.41. The van der Waals surface area contributed by atoms with Crippen molar-refractivity contribution in [3.05, 3.63) is 11.7 Å². The van der Waals surface area contributed by atoms with E-state index in [1.807, 2.05) is 6.26 Å². The SMILES string of the molecule is CSCC[C@H](N)c1nc(COCC(F)(F)C(F)F)no1. The van der Waals surface area contributed by atoms with E-state index in [4.69, 9.17) is 10.3 Å². The van der Waals surface area contributed by atoms with Crippen molar-refractivity contribution in [2.45, 2.75) is 31.4 Å². The first-order valence-electron chi connectivity index (χ1n) is 5.67. The van der Waals surface area contributed by atoms with Crippen LogP contribution in [0.4, 0.5) is 17.6 Å². The van der Waals surface area contributed by atoms with Crippen LogP contribution in [-0.4, -0.2) is 41.1 Å². The number of halogens is 4. The molecule has 0 aliphatic heterocycles. The smallest absolute Gasteiger partial charge is 0.330 e. The lowest BCUT2D eigenvalue weighted by Crippen LogP contribution is -2.32. The van der Waals surface area contributed by atoms with E-state index in [-0.39, 0.29) is 11.7 Å². The molecule has 0 aliphatic rings. The molecular formula is C10H15F4N3O2S. The summed E-state index contributed by atoms with van der Waals surface area (Å²) < 4.78 is 58.2. The molecule has 0 unspecified atom stereocenters. The predicted octanol–water partition coefficient (Wildman–Crippen LogP) is 2.24. The van der Waals surface area contributed by atoms with Gasteiger partial charge in [0, 0.05) is 0 Å². The molecule has 5 nitrogen and oxygen atoms in total. The molecule has 0 bridgehead atoms. The maximum Gasteiger partial charge on any atom is 0.330 e. The average Bonchev–Trinajstić information content (AvgIpc) is 2.84. The van der Waals surface area contributed by atoms with E-state index < -0.39 is 31.6 Å². The highest BCUT2D eigenvalue weighted by Crippen LogP contribution is 2.23. The fourth-order valence-corrected chi connectivity index (χ4v) is 1.68. The van der Waals surface area contributed by atoms with Crippen LogP contribution in [0.3, 0.4) is 0 Å². The van der Waals surface area contributed by atoms with Gasteiger partial charge in [0.05, 0.1) is 6.04 Å². The van der Waals surface area contributed by atoms with Gasteiger partial charge in [0.25, 0.3) is 0 Å². The molecule has 1 aromatic heterocycles. The lowest BCUT2D eigenvalue weighted by molar-refractivity contribution is -0.168. The molecule has 10 heteroatoms. The number of nitrogens with zero attached hydrogens (tertiary/aromatic N) is 2. The first kappa shape index (κ1) is 17.2. The van der Waals surface area contributed by atoms with Crippen molar-refractivity contribution < 1.29 is 26.8 Å². The summed E-state index contributed by atoms with van der Waals surface area (Å²) in [5, 5.41) is 3.48. The van der Waals surface area contributed by atoms with Crippen molar-refractivity contribution >= 4 is 11.8 Å². The van der Waals surface area contributed by atoms with Crippen LogP contribution in [0.2, 0.25) is 0 Å². The normalized spacial score (nSPS) is 13.9. The first-order chi connectivity index (χ1) is 9.36. The van der Waals surface area contributed by atoms with Crippen molar-refractivity contribution in [3.8, 4) is 0 Å². The van der Waals surface area contributed by atoms with E-state index in [0.29, 0.717) is 6.42 Å². The Hall–Kier alpha value is -0.870. The third kappa shape index (κ3) is 5.25. The number of aromatic nitrogens is 2. The zero-order valence-electron chi connectivity index (χ0n) is 10.7. The third-order valence-electron chi connectivity index (χ3n) is 2.28. The Bertz CT molecular complexity index is 406. The third-order valence-corrected chi connectivity index (χ3v) is 2.92. The molecule has 1 heterocycles. The lowest BCUT2D eigenvalue weighted by atomic mass is 10.2. The number of ether oxygens (including phenoxy) is 1. The van der Waals surface area contributed by atoms with Crippen molar-refractivity contribution in [2.75, 3.05) is 18.6 Å². The minimum absolute atomic E-state index is 0.00957. The molecule has 1 atom stereocenters. The van der Waals surface area contributed by atoms with Gasteiger partial charge in [-0.1, -0.05) is 5.16 Å². The van der Waals surface area contributed by atoms with Gasteiger partial charge in [-0.05, 0) is 18.4 Å². The Labute approximate surface area is 117 Å². The van der Waals surface area contributed by atoms with E-state index >= 15 is 0 Å². The Morgan fingerprint density at radius 2 is 2.15 bits per heavy atom. The van der Waals surface area contributed by atoms with Gasteiger partial charge in [0.15, 0.2) is 5.82 Å². The van der Waals surface area contributed by atoms with Crippen LogP contribution in [0.25, 0.3) is 0 Å². The van der Waals surface area contributed by atoms with Gasteiger partial charge in [0.1, 0.15) is 13.2 Å². The van der Waals surface area contributed by atoms with Crippen LogP contribution >= 0.6 is 11.8 Å². The molecule has 0 spiro atoms. The van der Waals surface area contributed by atoms with Gasteiger partial charge in [-0.2, -0.15) is 25.5 Å². The molecule has 0 fully saturated rings. The average molecular weight is 317 g/mol. The quantitative estimate of drug-likeness (QED) is 0.704. The molecule has 0 aliphatic carbocycles. The summed E-state index contributed by atoms with van der Waals surface area (Å²) in [6.45, 7) is -1.85. The van der Waals surface area contributed by atoms with Crippen molar-refractivity contribution in [1.82, 2.24) is 10.1 Å². The van der Waals surface area contributed by atoms with E-state index in [1.165, 1.54) is 0 Å². The highest BCUT2D eigenvalue weighted by Gasteiger charge is 2.41. The summed E-state index contributed by atoms with van der Waals surface area (Å²) in [4.78, 5) is 3.86. The van der Waals surface area contributed by atoms with E-state index in [1.54, 1.807) is 11.8 Å². The number of rotatable bonds is 9. The minimum Gasteiger partial charge on any atom is -0.367 e. The zero-order chi connectivity index (χ0) is 15.2. The second-order valence-electron chi connectivity index (χ2n) is 3.99. The Kier molecular flexibility index (Phi) is 6.69. The summed E-state index contributed by atoms with van der Waals surface area (Å²) in [6.07, 6.45) is -1.24. The van der Waals surface area contributed by atoms with Crippen molar-refractivity contribution in [1.29, 1.82) is 0 Å². The van der Waals surface area contributed by atoms with Crippen molar-refractivity contribution in [2.24, 2.45) is 5.73 Å². The van der Waals surface area contributed by atoms with Crippen LogP contribution in [0.5, 0.6) is 0 Å². The number of hydrogen-bond acceptors (Lipinski definition) is 6. The van der Waals surface area contributed by atoms with Crippen LogP contribution in [0.1, 0.15) is 24.2 Å². The number of hydrogen-bond donors (Lipinski definition) is 1. The van der Waals surface area contributed by atoms with Crippen LogP contribution in [0, 0.1) is 0 Å². The molecule has 0 saturated carbocycles. The highest BCUT2D eigenvalue weighted by atomic mass is 32.2. The molecule has 20 heavy (non-hydrogen) atoms. The highest BCUT2D eigenvalue weighted by molar-refractivity contribution is 7.98. The fraction of sp³-hybridized carbons (Fsp3) is 0.800. The number of alkyl halides is 4. The van der Waals surface area contributed by atoms with Gasteiger partial charge in [-0.25, -0.2) is 8.78 Å². The summed E-state index contributed by atoms with van der Waals surface area (Å²) in [5.74, 6) is -3.24. The Morgan fingerprint density at radius 1 is 1.45 bits per heavy atom. The topological polar surface area (TPSA) is 74.2 Å². The molecule has 0 saturated heterocycles. The molecular weight excluding hydrogens is 302 g/mol. The molecule has 116 valence electrons. The number of thioether (sulfide) groups is 1. The summed E-state index contributed by atoms with van der Waals surface area (Å²) >= 11 is 1.60. The molecule has 0 radical (unpaired) electrons. The largest absolute Gasteiger partial charge is 0.367 e. The first-order valence-corrected chi connectivity index (χ1v) is 7.07. The van der Waals surface area contributed by atoms with Crippen molar-refractivity contribution in [3.63, 3.8) is 0 Å². The van der Waals surface area contributed by atoms with Gasteiger partial charge in [0.2, 0.25) is 5.89 Å². The monoisotopic (exact) mass is 317 g/mol. The van der Waals surface area contributed by atoms with E-state index in [2.05, 4.69) is 14.9 Å². The van der Waals surface area contributed by atoms with Crippen LogP contribution < -0.4 is 5.73 Å². The zero-order valence-corrected chi connectivity index (χ0v) is 11.5. The maximum absolute atomic E-state index is 12.6. The summed E-state index contributed by atoms with van der Waals surface area (Å²) in [7, 11) is 0. The molecule has 0 aromatic carbocycles. The molecule has 1 rings (SSSR count). The van der Waals surface area contributed by atoms with Gasteiger partial charge < -0.3 is 15.0 Å². The predicted molar refractivity (Wildman–Crippen MR) is 64.8 cm³/mol. The summed E-state index contributed by atoms with van der Waals surface area (Å²) in [5.41, 5.74) is 5.76. The number of nitrogens with two attached hydrogens (primary N) is 1. The fourth-order valence-electron chi connectivity index (χ4n) is 1.19.